The number of hydrogen-bond donors (Lipinski definition) is 2. The smallest absolute Gasteiger partial charge is 0.137 e. The first-order valence-corrected chi connectivity index (χ1v) is 5.01. The summed E-state index contributed by atoms with van der Waals surface area (Å²) in [6, 6.07) is 4.16. The molecule has 0 bridgehead atoms. The zero-order valence-corrected chi connectivity index (χ0v) is 8.77. The van der Waals surface area contributed by atoms with Crippen molar-refractivity contribution in [1.29, 1.82) is 0 Å². The molecule has 0 saturated heterocycles. The van der Waals surface area contributed by atoms with E-state index in [1.165, 1.54) is 12.0 Å². The Balaban J connectivity index is 1.70. The van der Waals surface area contributed by atoms with Crippen LogP contribution in [0, 0.1) is 0 Å². The second-order valence-corrected chi connectivity index (χ2v) is 3.47. The number of aryl methyl sites for hydroxylation is 1. The van der Waals surface area contributed by atoms with Crippen molar-refractivity contribution in [2.75, 3.05) is 6.54 Å². The van der Waals surface area contributed by atoms with Gasteiger partial charge in [0.05, 0.1) is 0 Å². The SMILES string of the molecule is Cn1cccc1CNCCc1ncn[nH]1. The molecule has 0 aromatic carbocycles. The highest BCUT2D eigenvalue weighted by molar-refractivity contribution is 5.05. The number of aromatic nitrogens is 4. The average Bonchev–Trinajstić information content (AvgIpc) is 2.85. The van der Waals surface area contributed by atoms with Gasteiger partial charge in [0.2, 0.25) is 0 Å². The Labute approximate surface area is 88.5 Å². The molecule has 0 aliphatic heterocycles. The van der Waals surface area contributed by atoms with Gasteiger partial charge in [-0.2, -0.15) is 5.10 Å². The Morgan fingerprint density at radius 2 is 2.47 bits per heavy atom. The van der Waals surface area contributed by atoms with Crippen molar-refractivity contribution < 1.29 is 0 Å². The van der Waals surface area contributed by atoms with Crippen LogP contribution in [0.5, 0.6) is 0 Å². The van der Waals surface area contributed by atoms with Crippen molar-refractivity contribution in [3.63, 3.8) is 0 Å². The molecule has 80 valence electrons. The number of H-pyrrole nitrogens is 1. The van der Waals surface area contributed by atoms with E-state index in [1.807, 2.05) is 19.3 Å². The molecule has 15 heavy (non-hydrogen) atoms. The van der Waals surface area contributed by atoms with Crippen molar-refractivity contribution in [3.05, 3.63) is 36.2 Å². The number of nitrogens with zero attached hydrogens (tertiary/aromatic N) is 3. The van der Waals surface area contributed by atoms with Crippen molar-refractivity contribution in [1.82, 2.24) is 25.1 Å². The van der Waals surface area contributed by atoms with Crippen LogP contribution in [0.4, 0.5) is 0 Å². The first kappa shape index (κ1) is 9.92. The van der Waals surface area contributed by atoms with E-state index in [0.29, 0.717) is 0 Å². The fourth-order valence-electron chi connectivity index (χ4n) is 1.45. The summed E-state index contributed by atoms with van der Waals surface area (Å²) in [6.45, 7) is 1.79. The summed E-state index contributed by atoms with van der Waals surface area (Å²) < 4.78 is 2.11. The van der Waals surface area contributed by atoms with E-state index in [0.717, 1.165) is 25.3 Å². The molecule has 0 unspecified atom stereocenters. The van der Waals surface area contributed by atoms with Gasteiger partial charge < -0.3 is 9.88 Å². The second-order valence-electron chi connectivity index (χ2n) is 3.47. The molecule has 5 heteroatoms. The molecule has 0 saturated carbocycles. The normalized spacial score (nSPS) is 10.7. The summed E-state index contributed by atoms with van der Waals surface area (Å²) >= 11 is 0. The highest BCUT2D eigenvalue weighted by Gasteiger charge is 1.97. The molecule has 0 atom stereocenters. The Bertz CT molecular complexity index is 390. The zero-order chi connectivity index (χ0) is 10.5. The quantitative estimate of drug-likeness (QED) is 0.698. The van der Waals surface area contributed by atoms with E-state index in [-0.39, 0.29) is 0 Å². The van der Waals surface area contributed by atoms with Crippen molar-refractivity contribution in [2.45, 2.75) is 13.0 Å². The molecule has 5 nitrogen and oxygen atoms in total. The number of aromatic amines is 1. The van der Waals surface area contributed by atoms with Crippen molar-refractivity contribution in [2.24, 2.45) is 7.05 Å². The highest BCUT2D eigenvalue weighted by Crippen LogP contribution is 1.98. The van der Waals surface area contributed by atoms with Gasteiger partial charge in [0.1, 0.15) is 12.2 Å². The molecule has 2 rings (SSSR count). The summed E-state index contributed by atoms with van der Waals surface area (Å²) in [5, 5.41) is 9.99. The fourth-order valence-corrected chi connectivity index (χ4v) is 1.45. The predicted octanol–water partition coefficient (Wildman–Crippen LogP) is 0.475. The Kier molecular flexibility index (Phi) is 3.14. The van der Waals surface area contributed by atoms with Gasteiger partial charge in [-0.1, -0.05) is 0 Å². The van der Waals surface area contributed by atoms with E-state index in [2.05, 4.69) is 31.1 Å². The summed E-state index contributed by atoms with van der Waals surface area (Å²) in [5.74, 6) is 0.925. The van der Waals surface area contributed by atoms with E-state index in [1.54, 1.807) is 0 Å². The molecule has 0 aliphatic rings. The standard InChI is InChI=1S/C10H15N5/c1-15-6-2-3-9(15)7-11-5-4-10-12-8-13-14-10/h2-3,6,8,11H,4-5,7H2,1H3,(H,12,13,14). The Morgan fingerprint density at radius 3 is 3.13 bits per heavy atom. The highest BCUT2D eigenvalue weighted by atomic mass is 15.2. The van der Waals surface area contributed by atoms with Gasteiger partial charge >= 0.3 is 0 Å². The average molecular weight is 205 g/mol. The van der Waals surface area contributed by atoms with Crippen LogP contribution in [-0.2, 0) is 20.0 Å². The lowest BCUT2D eigenvalue weighted by Crippen LogP contribution is -2.18. The lowest BCUT2D eigenvalue weighted by molar-refractivity contribution is 0.642. The number of hydrogen-bond acceptors (Lipinski definition) is 3. The summed E-state index contributed by atoms with van der Waals surface area (Å²) in [5.41, 5.74) is 1.28. The third-order valence-corrected chi connectivity index (χ3v) is 2.36. The molecule has 0 spiro atoms. The minimum absolute atomic E-state index is 0.879. The van der Waals surface area contributed by atoms with Crippen LogP contribution in [0.25, 0.3) is 0 Å². The van der Waals surface area contributed by atoms with Gasteiger partial charge in [-0.3, -0.25) is 5.10 Å². The zero-order valence-electron chi connectivity index (χ0n) is 8.77. The summed E-state index contributed by atoms with van der Waals surface area (Å²) in [7, 11) is 2.05. The van der Waals surface area contributed by atoms with E-state index in [9.17, 15) is 0 Å². The fraction of sp³-hybridized carbons (Fsp3) is 0.400. The van der Waals surface area contributed by atoms with E-state index >= 15 is 0 Å². The largest absolute Gasteiger partial charge is 0.353 e. The van der Waals surface area contributed by atoms with Gasteiger partial charge in [-0.25, -0.2) is 4.98 Å². The molecular weight excluding hydrogens is 190 g/mol. The van der Waals surface area contributed by atoms with Gasteiger partial charge in [-0.15, -0.1) is 0 Å². The molecule has 0 radical (unpaired) electrons. The third-order valence-electron chi connectivity index (χ3n) is 2.36. The molecule has 0 amide bonds. The van der Waals surface area contributed by atoms with Gasteiger partial charge in [0.25, 0.3) is 0 Å². The molecular formula is C10H15N5. The van der Waals surface area contributed by atoms with E-state index < -0.39 is 0 Å². The first-order chi connectivity index (χ1) is 7.36. The second kappa shape index (κ2) is 4.75. The number of nitrogens with one attached hydrogen (secondary N) is 2. The maximum absolute atomic E-state index is 4.06. The Morgan fingerprint density at radius 1 is 1.53 bits per heavy atom. The lowest BCUT2D eigenvalue weighted by Gasteiger charge is -2.04. The van der Waals surface area contributed by atoms with Crippen LogP contribution in [-0.4, -0.2) is 26.3 Å². The lowest BCUT2D eigenvalue weighted by atomic mass is 10.3. The van der Waals surface area contributed by atoms with Crippen LogP contribution >= 0.6 is 0 Å². The minimum Gasteiger partial charge on any atom is -0.353 e. The monoisotopic (exact) mass is 205 g/mol. The number of rotatable bonds is 5. The first-order valence-electron chi connectivity index (χ1n) is 5.01. The molecule has 0 aliphatic carbocycles. The molecule has 2 N–H and O–H groups in total. The van der Waals surface area contributed by atoms with Gasteiger partial charge in [0.15, 0.2) is 0 Å². The third kappa shape index (κ3) is 2.66. The van der Waals surface area contributed by atoms with Crippen molar-refractivity contribution in [3.8, 4) is 0 Å². The van der Waals surface area contributed by atoms with Crippen LogP contribution in [0.2, 0.25) is 0 Å². The van der Waals surface area contributed by atoms with Gasteiger partial charge in [0, 0.05) is 38.4 Å². The maximum Gasteiger partial charge on any atom is 0.137 e. The van der Waals surface area contributed by atoms with Crippen LogP contribution in [0.3, 0.4) is 0 Å². The maximum atomic E-state index is 4.06. The van der Waals surface area contributed by atoms with Crippen LogP contribution < -0.4 is 5.32 Å². The van der Waals surface area contributed by atoms with Crippen LogP contribution in [0.1, 0.15) is 11.5 Å². The Hall–Kier alpha value is -1.62. The minimum atomic E-state index is 0.879. The molecule has 0 fully saturated rings. The van der Waals surface area contributed by atoms with Gasteiger partial charge in [-0.05, 0) is 12.1 Å². The molecule has 2 aromatic rings. The predicted molar refractivity (Wildman–Crippen MR) is 57.2 cm³/mol. The van der Waals surface area contributed by atoms with Crippen molar-refractivity contribution >= 4 is 0 Å². The molecule has 2 aromatic heterocycles. The molecule has 2 heterocycles. The van der Waals surface area contributed by atoms with Crippen LogP contribution in [0.15, 0.2) is 24.7 Å². The summed E-state index contributed by atoms with van der Waals surface area (Å²) in [4.78, 5) is 4.06. The topological polar surface area (TPSA) is 58.5 Å². The van der Waals surface area contributed by atoms with E-state index in [4.69, 9.17) is 0 Å². The summed E-state index contributed by atoms with van der Waals surface area (Å²) in [6.07, 6.45) is 4.46.